The molecule has 1 aliphatic rings. The topological polar surface area (TPSA) is 29.1 Å². The van der Waals surface area contributed by atoms with Crippen LogP contribution in [-0.2, 0) is 11.2 Å². The molecule has 5 heteroatoms. The first-order valence-corrected chi connectivity index (χ1v) is 7.31. The Labute approximate surface area is 119 Å². The summed E-state index contributed by atoms with van der Waals surface area (Å²) in [6.45, 7) is 0.580. The number of rotatable bonds is 4. The van der Waals surface area contributed by atoms with Gasteiger partial charge in [0.1, 0.15) is 11.6 Å². The van der Waals surface area contributed by atoms with Crippen molar-refractivity contribution >= 4 is 21.8 Å². The third kappa shape index (κ3) is 4.00. The predicted molar refractivity (Wildman–Crippen MR) is 73.1 cm³/mol. The molecule has 1 aromatic rings. The maximum Gasteiger partial charge on any atom is 0.224 e. The van der Waals surface area contributed by atoms with E-state index in [-0.39, 0.29) is 17.9 Å². The van der Waals surface area contributed by atoms with Crippen LogP contribution in [0.5, 0.6) is 0 Å². The van der Waals surface area contributed by atoms with Crippen LogP contribution < -0.4 is 5.32 Å². The minimum absolute atomic E-state index is 0.162. The molecule has 1 saturated carbocycles. The molecule has 1 aliphatic carbocycles. The second-order valence-electron chi connectivity index (χ2n) is 4.96. The maximum absolute atomic E-state index is 13.4. The van der Waals surface area contributed by atoms with E-state index in [2.05, 4.69) is 21.2 Å². The lowest BCUT2D eigenvalue weighted by Gasteiger charge is -2.11. The van der Waals surface area contributed by atoms with Crippen molar-refractivity contribution in [2.75, 3.05) is 6.54 Å². The van der Waals surface area contributed by atoms with Crippen LogP contribution >= 0.6 is 15.9 Å². The van der Waals surface area contributed by atoms with E-state index >= 15 is 0 Å². The third-order valence-corrected chi connectivity index (χ3v) is 4.30. The fourth-order valence-corrected chi connectivity index (χ4v) is 3.17. The molecule has 0 spiro atoms. The van der Waals surface area contributed by atoms with Crippen molar-refractivity contribution < 1.29 is 13.6 Å². The van der Waals surface area contributed by atoms with E-state index in [4.69, 9.17) is 0 Å². The second-order valence-corrected chi connectivity index (χ2v) is 6.25. The minimum atomic E-state index is -0.670. The Morgan fingerprint density at radius 3 is 2.58 bits per heavy atom. The molecular formula is C14H16BrF2NO. The van der Waals surface area contributed by atoms with Crippen molar-refractivity contribution in [2.24, 2.45) is 5.92 Å². The number of amides is 1. The normalized spacial score (nSPS) is 22.5. The quantitative estimate of drug-likeness (QED) is 0.843. The second kappa shape index (κ2) is 6.46. The highest BCUT2D eigenvalue weighted by Crippen LogP contribution is 2.30. The van der Waals surface area contributed by atoms with Gasteiger partial charge in [0.2, 0.25) is 5.91 Å². The third-order valence-electron chi connectivity index (χ3n) is 3.46. The lowest BCUT2D eigenvalue weighted by Crippen LogP contribution is -2.30. The molecule has 0 heterocycles. The molecule has 2 atom stereocenters. The Bertz CT molecular complexity index is 447. The Hall–Kier alpha value is -0.970. The van der Waals surface area contributed by atoms with Gasteiger partial charge in [-0.05, 0) is 37.3 Å². The zero-order valence-electron chi connectivity index (χ0n) is 10.5. The van der Waals surface area contributed by atoms with Crippen LogP contribution in [0.3, 0.4) is 0 Å². The maximum atomic E-state index is 13.4. The number of hydrogen-bond acceptors (Lipinski definition) is 1. The van der Waals surface area contributed by atoms with Crippen LogP contribution in [0.2, 0.25) is 0 Å². The van der Waals surface area contributed by atoms with Crippen molar-refractivity contribution in [1.82, 2.24) is 5.32 Å². The summed E-state index contributed by atoms with van der Waals surface area (Å²) in [7, 11) is 0. The number of halogens is 3. The van der Waals surface area contributed by atoms with Gasteiger partial charge < -0.3 is 5.32 Å². The molecule has 2 nitrogen and oxygen atoms in total. The monoisotopic (exact) mass is 331 g/mol. The van der Waals surface area contributed by atoms with Crippen molar-refractivity contribution in [3.8, 4) is 0 Å². The fraction of sp³-hybridized carbons (Fsp3) is 0.500. The molecule has 19 heavy (non-hydrogen) atoms. The van der Waals surface area contributed by atoms with Crippen molar-refractivity contribution in [3.05, 3.63) is 35.4 Å². The van der Waals surface area contributed by atoms with Gasteiger partial charge in [-0.1, -0.05) is 22.0 Å². The highest BCUT2D eigenvalue weighted by atomic mass is 79.9. The number of carbonyl (C=O) groups is 1. The lowest BCUT2D eigenvalue weighted by atomic mass is 10.1. The molecule has 1 aromatic carbocycles. The largest absolute Gasteiger partial charge is 0.356 e. The summed E-state index contributed by atoms with van der Waals surface area (Å²) < 4.78 is 26.8. The number of carbonyl (C=O) groups excluding carboxylic acids is 1. The van der Waals surface area contributed by atoms with Gasteiger partial charge in [-0.15, -0.1) is 0 Å². The van der Waals surface area contributed by atoms with Gasteiger partial charge in [0, 0.05) is 16.9 Å². The summed E-state index contributed by atoms with van der Waals surface area (Å²) >= 11 is 3.55. The number of hydrogen-bond donors (Lipinski definition) is 1. The van der Waals surface area contributed by atoms with Crippen molar-refractivity contribution in [1.29, 1.82) is 0 Å². The Kier molecular flexibility index (Phi) is 4.91. The molecule has 2 unspecified atom stereocenters. The van der Waals surface area contributed by atoms with Gasteiger partial charge in [-0.25, -0.2) is 8.78 Å². The van der Waals surface area contributed by atoms with Crippen molar-refractivity contribution in [3.63, 3.8) is 0 Å². The van der Waals surface area contributed by atoms with Crippen LogP contribution in [0, 0.1) is 17.6 Å². The Morgan fingerprint density at radius 1 is 1.32 bits per heavy atom. The van der Waals surface area contributed by atoms with E-state index < -0.39 is 11.6 Å². The van der Waals surface area contributed by atoms with Gasteiger partial charge in [0.15, 0.2) is 0 Å². The number of benzene rings is 1. The number of alkyl halides is 1. The Morgan fingerprint density at radius 2 is 2.00 bits per heavy atom. The van der Waals surface area contributed by atoms with Crippen LogP contribution in [0.25, 0.3) is 0 Å². The van der Waals surface area contributed by atoms with Crippen LogP contribution in [0.1, 0.15) is 24.8 Å². The zero-order chi connectivity index (χ0) is 13.8. The Balaban J connectivity index is 1.84. The first kappa shape index (κ1) is 14.4. The first-order valence-electron chi connectivity index (χ1n) is 6.40. The van der Waals surface area contributed by atoms with Gasteiger partial charge >= 0.3 is 0 Å². The fourth-order valence-electron chi connectivity index (χ4n) is 2.38. The van der Waals surface area contributed by atoms with Crippen molar-refractivity contribution in [2.45, 2.75) is 30.5 Å². The number of nitrogens with one attached hydrogen (secondary N) is 1. The highest BCUT2D eigenvalue weighted by Gasteiger charge is 2.23. The predicted octanol–water partition coefficient (Wildman–Crippen LogP) is 3.19. The molecule has 1 fully saturated rings. The lowest BCUT2D eigenvalue weighted by molar-refractivity contribution is -0.120. The molecule has 0 radical (unpaired) electrons. The van der Waals surface area contributed by atoms with E-state index in [1.807, 2.05) is 0 Å². The molecule has 1 N–H and O–H groups in total. The zero-order valence-corrected chi connectivity index (χ0v) is 12.1. The molecule has 0 aliphatic heterocycles. The molecule has 0 aromatic heterocycles. The molecular weight excluding hydrogens is 316 g/mol. The average Bonchev–Trinajstić information content (AvgIpc) is 2.77. The summed E-state index contributed by atoms with van der Waals surface area (Å²) in [5.74, 6) is -1.21. The summed E-state index contributed by atoms with van der Waals surface area (Å²) in [4.78, 5) is 12.2. The van der Waals surface area contributed by atoms with E-state index in [1.165, 1.54) is 6.07 Å². The van der Waals surface area contributed by atoms with Gasteiger partial charge in [0.05, 0.1) is 6.42 Å². The van der Waals surface area contributed by atoms with Crippen LogP contribution in [-0.4, -0.2) is 17.3 Å². The van der Waals surface area contributed by atoms with Gasteiger partial charge in [-0.3, -0.25) is 4.79 Å². The molecule has 1 amide bonds. The van der Waals surface area contributed by atoms with E-state index in [0.717, 1.165) is 31.4 Å². The summed E-state index contributed by atoms with van der Waals surface area (Å²) in [5.41, 5.74) is -0.162. The highest BCUT2D eigenvalue weighted by molar-refractivity contribution is 9.09. The average molecular weight is 332 g/mol. The summed E-state index contributed by atoms with van der Waals surface area (Å²) in [6.07, 6.45) is 2.98. The molecule has 0 saturated heterocycles. The van der Waals surface area contributed by atoms with E-state index in [0.29, 0.717) is 17.3 Å². The first-order chi connectivity index (χ1) is 9.06. The van der Waals surface area contributed by atoms with Gasteiger partial charge in [-0.2, -0.15) is 0 Å². The summed E-state index contributed by atoms with van der Waals surface area (Å²) in [5, 5.41) is 2.75. The van der Waals surface area contributed by atoms with Crippen LogP contribution in [0.4, 0.5) is 8.78 Å². The van der Waals surface area contributed by atoms with E-state index in [1.54, 1.807) is 0 Å². The molecule has 0 bridgehead atoms. The molecule has 2 rings (SSSR count). The smallest absolute Gasteiger partial charge is 0.224 e. The minimum Gasteiger partial charge on any atom is -0.356 e. The van der Waals surface area contributed by atoms with Gasteiger partial charge in [0.25, 0.3) is 0 Å². The summed E-state index contributed by atoms with van der Waals surface area (Å²) in [6, 6.07) is 3.62. The van der Waals surface area contributed by atoms with Crippen LogP contribution in [0.15, 0.2) is 18.2 Å². The molecule has 104 valence electrons. The standard InChI is InChI=1S/C14H16BrF2NO/c15-10-5-4-9(6-10)8-18-14(19)7-11-12(16)2-1-3-13(11)17/h1-3,9-10H,4-8H2,(H,18,19). The van der Waals surface area contributed by atoms with E-state index in [9.17, 15) is 13.6 Å². The SMILES string of the molecule is O=C(Cc1c(F)cccc1F)NCC1CCC(Br)C1.